The van der Waals surface area contributed by atoms with Gasteiger partial charge in [-0.1, -0.05) is 17.7 Å². The van der Waals surface area contributed by atoms with Crippen molar-refractivity contribution in [2.45, 2.75) is 6.92 Å². The van der Waals surface area contributed by atoms with Gasteiger partial charge in [0.05, 0.1) is 17.4 Å². The number of aryl methyl sites for hydroxylation is 1. The van der Waals surface area contributed by atoms with E-state index in [1.165, 1.54) is 6.07 Å². The average molecular weight is 244 g/mol. The van der Waals surface area contributed by atoms with E-state index in [1.54, 1.807) is 12.1 Å². The van der Waals surface area contributed by atoms with Gasteiger partial charge < -0.3 is 5.32 Å². The second-order valence-electron chi connectivity index (χ2n) is 3.01. The van der Waals surface area contributed by atoms with Crippen LogP contribution in [0.5, 0.6) is 0 Å². The molecular weight excluding hydrogens is 237 g/mol. The predicted octanol–water partition coefficient (Wildman–Crippen LogP) is 3.38. The minimum absolute atomic E-state index is 0.250. The van der Waals surface area contributed by atoms with Crippen LogP contribution in [0.2, 0.25) is 5.15 Å². The molecular formula is C9H7ClFN3S. The molecule has 0 atom stereocenters. The van der Waals surface area contributed by atoms with Crippen LogP contribution in [-0.4, -0.2) is 8.75 Å². The lowest BCUT2D eigenvalue weighted by atomic mass is 10.2. The van der Waals surface area contributed by atoms with Crippen molar-refractivity contribution in [3.8, 4) is 0 Å². The third kappa shape index (κ3) is 2.24. The zero-order chi connectivity index (χ0) is 10.8. The summed E-state index contributed by atoms with van der Waals surface area (Å²) >= 11 is 6.70. The predicted molar refractivity (Wildman–Crippen MR) is 59.3 cm³/mol. The molecule has 0 spiro atoms. The molecule has 0 unspecified atom stereocenters. The molecule has 0 fully saturated rings. The Morgan fingerprint density at radius 1 is 1.40 bits per heavy atom. The van der Waals surface area contributed by atoms with Gasteiger partial charge in [-0.05, 0) is 24.6 Å². The second kappa shape index (κ2) is 4.12. The molecule has 15 heavy (non-hydrogen) atoms. The van der Waals surface area contributed by atoms with Gasteiger partial charge in [0.1, 0.15) is 5.82 Å². The van der Waals surface area contributed by atoms with Crippen molar-refractivity contribution in [2.75, 3.05) is 5.32 Å². The lowest BCUT2D eigenvalue weighted by Gasteiger charge is -2.04. The van der Waals surface area contributed by atoms with Crippen LogP contribution in [-0.2, 0) is 0 Å². The Hall–Kier alpha value is -1.20. The van der Waals surface area contributed by atoms with E-state index in [4.69, 9.17) is 11.6 Å². The number of aromatic nitrogens is 2. The largest absolute Gasteiger partial charge is 0.334 e. The molecule has 0 saturated heterocycles. The fraction of sp³-hybridized carbons (Fsp3) is 0.111. The highest BCUT2D eigenvalue weighted by molar-refractivity contribution is 6.99. The van der Waals surface area contributed by atoms with Crippen molar-refractivity contribution < 1.29 is 4.39 Å². The molecule has 0 bridgehead atoms. The van der Waals surface area contributed by atoms with Crippen molar-refractivity contribution in [3.05, 3.63) is 34.7 Å². The number of benzene rings is 1. The van der Waals surface area contributed by atoms with Gasteiger partial charge in [-0.15, -0.1) is 0 Å². The Kier molecular flexibility index (Phi) is 2.83. The molecule has 1 N–H and O–H groups in total. The molecule has 1 aromatic heterocycles. The quantitative estimate of drug-likeness (QED) is 0.879. The maximum Gasteiger partial charge on any atom is 0.187 e. The fourth-order valence-corrected chi connectivity index (χ4v) is 1.75. The molecule has 78 valence electrons. The van der Waals surface area contributed by atoms with Crippen molar-refractivity contribution in [1.29, 1.82) is 0 Å². The lowest BCUT2D eigenvalue weighted by molar-refractivity contribution is 0.630. The van der Waals surface area contributed by atoms with Crippen LogP contribution in [0.1, 0.15) is 5.56 Å². The first-order valence-corrected chi connectivity index (χ1v) is 5.29. The van der Waals surface area contributed by atoms with Crippen LogP contribution in [0.3, 0.4) is 0 Å². The van der Waals surface area contributed by atoms with Crippen LogP contribution in [0.15, 0.2) is 18.2 Å². The number of hydrogen-bond donors (Lipinski definition) is 1. The van der Waals surface area contributed by atoms with Crippen molar-refractivity contribution >= 4 is 34.8 Å². The van der Waals surface area contributed by atoms with E-state index >= 15 is 0 Å². The zero-order valence-electron chi connectivity index (χ0n) is 7.79. The maximum atomic E-state index is 13.4. The molecule has 0 aliphatic heterocycles. The summed E-state index contributed by atoms with van der Waals surface area (Å²) in [7, 11) is 0. The molecule has 2 aromatic rings. The molecule has 3 nitrogen and oxygen atoms in total. The summed E-state index contributed by atoms with van der Waals surface area (Å²) in [5.74, 6) is 0.0449. The summed E-state index contributed by atoms with van der Waals surface area (Å²) in [6.07, 6.45) is 0. The van der Waals surface area contributed by atoms with Crippen molar-refractivity contribution in [3.63, 3.8) is 0 Å². The summed E-state index contributed by atoms with van der Waals surface area (Å²) in [6, 6.07) is 4.88. The van der Waals surface area contributed by atoms with Gasteiger partial charge in [-0.3, -0.25) is 0 Å². The first-order chi connectivity index (χ1) is 7.16. The van der Waals surface area contributed by atoms with Crippen LogP contribution in [0.25, 0.3) is 0 Å². The Labute approximate surface area is 95.2 Å². The van der Waals surface area contributed by atoms with Gasteiger partial charge in [-0.25, -0.2) is 4.39 Å². The van der Waals surface area contributed by atoms with Crippen LogP contribution in [0, 0.1) is 12.7 Å². The first-order valence-electron chi connectivity index (χ1n) is 4.18. The minimum Gasteiger partial charge on any atom is -0.334 e. The monoisotopic (exact) mass is 243 g/mol. The van der Waals surface area contributed by atoms with Crippen LogP contribution >= 0.6 is 23.3 Å². The van der Waals surface area contributed by atoms with Gasteiger partial charge in [0.25, 0.3) is 0 Å². The summed E-state index contributed by atoms with van der Waals surface area (Å²) in [5, 5.41) is 3.03. The zero-order valence-corrected chi connectivity index (χ0v) is 9.36. The fourth-order valence-electron chi connectivity index (χ4n) is 1.10. The SMILES string of the molecule is Cc1ccc(Nc2nsnc2Cl)c(F)c1. The van der Waals surface area contributed by atoms with E-state index in [0.717, 1.165) is 17.3 Å². The van der Waals surface area contributed by atoms with Crippen LogP contribution in [0.4, 0.5) is 15.9 Å². The number of hydrogen-bond acceptors (Lipinski definition) is 4. The normalized spacial score (nSPS) is 10.3. The average Bonchev–Trinajstić information content (AvgIpc) is 2.57. The number of anilines is 2. The van der Waals surface area contributed by atoms with Crippen LogP contribution < -0.4 is 5.32 Å². The molecule has 0 aliphatic rings. The first kappa shape index (κ1) is 10.3. The van der Waals surface area contributed by atoms with E-state index in [2.05, 4.69) is 14.1 Å². The molecule has 0 radical (unpaired) electrons. The summed E-state index contributed by atoms with van der Waals surface area (Å²) in [4.78, 5) is 0. The third-order valence-electron chi connectivity index (χ3n) is 1.83. The minimum atomic E-state index is -0.334. The molecule has 1 aromatic carbocycles. The Bertz CT molecular complexity index is 486. The van der Waals surface area contributed by atoms with Crippen molar-refractivity contribution in [1.82, 2.24) is 8.75 Å². The summed E-state index contributed by atoms with van der Waals surface area (Å²) in [5.41, 5.74) is 1.20. The second-order valence-corrected chi connectivity index (χ2v) is 3.90. The summed E-state index contributed by atoms with van der Waals surface area (Å²) in [6.45, 7) is 1.82. The Balaban J connectivity index is 2.29. The topological polar surface area (TPSA) is 37.8 Å². The number of nitrogens with one attached hydrogen (secondary N) is 1. The van der Waals surface area contributed by atoms with Gasteiger partial charge in [-0.2, -0.15) is 8.75 Å². The van der Waals surface area contributed by atoms with E-state index in [0.29, 0.717) is 11.5 Å². The van der Waals surface area contributed by atoms with Gasteiger partial charge in [0.15, 0.2) is 11.0 Å². The van der Waals surface area contributed by atoms with Crippen molar-refractivity contribution in [2.24, 2.45) is 0 Å². The number of nitrogens with zero attached hydrogens (tertiary/aromatic N) is 2. The van der Waals surface area contributed by atoms with E-state index < -0.39 is 0 Å². The highest BCUT2D eigenvalue weighted by Gasteiger charge is 2.08. The van der Waals surface area contributed by atoms with E-state index in [-0.39, 0.29) is 11.0 Å². The van der Waals surface area contributed by atoms with Gasteiger partial charge in [0.2, 0.25) is 0 Å². The molecule has 0 amide bonds. The summed E-state index contributed by atoms with van der Waals surface area (Å²) < 4.78 is 21.1. The number of halogens is 2. The van der Waals surface area contributed by atoms with E-state index in [9.17, 15) is 4.39 Å². The molecule has 1 heterocycles. The smallest absolute Gasteiger partial charge is 0.187 e. The Morgan fingerprint density at radius 3 is 2.80 bits per heavy atom. The lowest BCUT2D eigenvalue weighted by Crippen LogP contribution is -1.94. The number of rotatable bonds is 2. The molecule has 2 rings (SSSR count). The molecule has 6 heteroatoms. The van der Waals surface area contributed by atoms with Gasteiger partial charge in [0, 0.05) is 0 Å². The third-order valence-corrected chi connectivity index (χ3v) is 2.72. The Morgan fingerprint density at radius 2 is 2.20 bits per heavy atom. The molecule has 0 saturated carbocycles. The van der Waals surface area contributed by atoms with E-state index in [1.807, 2.05) is 6.92 Å². The molecule has 0 aliphatic carbocycles. The highest BCUT2D eigenvalue weighted by Crippen LogP contribution is 2.24. The highest BCUT2D eigenvalue weighted by atomic mass is 35.5. The maximum absolute atomic E-state index is 13.4. The standard InChI is InChI=1S/C9H7ClFN3S/c1-5-2-3-7(6(11)4-5)12-9-8(10)13-15-14-9/h2-4H,1H3,(H,12,14). The van der Waals surface area contributed by atoms with Gasteiger partial charge >= 0.3 is 0 Å².